The van der Waals surface area contributed by atoms with Crippen molar-refractivity contribution in [3.05, 3.63) is 70.1 Å². The van der Waals surface area contributed by atoms with Gasteiger partial charge in [-0.25, -0.2) is 0 Å². The van der Waals surface area contributed by atoms with Crippen LogP contribution in [-0.2, 0) is 12.4 Å². The quantitative estimate of drug-likeness (QED) is 0.564. The van der Waals surface area contributed by atoms with Crippen LogP contribution in [-0.4, -0.2) is 10.2 Å². The number of hydrogen-bond acceptors (Lipinski definition) is 5. The highest BCUT2D eigenvalue weighted by Gasteiger charge is 2.10. The molecule has 4 nitrogen and oxygen atoms in total. The minimum Gasteiger partial charge on any atom is -0.484 e. The number of benzene rings is 2. The summed E-state index contributed by atoms with van der Waals surface area (Å²) in [5.41, 5.74) is 3.26. The lowest BCUT2D eigenvalue weighted by atomic mass is 10.1. The second-order valence-corrected chi connectivity index (χ2v) is 6.73. The first-order valence-corrected chi connectivity index (χ1v) is 8.87. The van der Waals surface area contributed by atoms with Crippen LogP contribution >= 0.6 is 23.4 Å². The van der Waals surface area contributed by atoms with E-state index in [2.05, 4.69) is 16.3 Å². The van der Waals surface area contributed by atoms with Gasteiger partial charge in [0.2, 0.25) is 0 Å². The Bertz CT molecular complexity index is 835. The van der Waals surface area contributed by atoms with Crippen LogP contribution in [0.4, 0.5) is 0 Å². The highest BCUT2D eigenvalue weighted by molar-refractivity contribution is 7.98. The molecule has 0 spiro atoms. The Morgan fingerprint density at radius 2 is 1.96 bits per heavy atom. The van der Waals surface area contributed by atoms with Gasteiger partial charge in [0.1, 0.15) is 5.75 Å². The zero-order valence-corrected chi connectivity index (χ0v) is 15.0. The van der Waals surface area contributed by atoms with Crippen molar-refractivity contribution in [1.29, 1.82) is 0 Å². The molecule has 24 heavy (non-hydrogen) atoms. The number of aromatic nitrogens is 2. The molecule has 0 aliphatic rings. The molecule has 0 N–H and O–H groups in total. The SMILES string of the molecule is Cc1ccc(C)c(OCc2nnc(SCc3ccccc3Cl)o2)c1. The molecule has 3 aromatic rings. The minimum absolute atomic E-state index is 0.254. The molecule has 2 aromatic carbocycles. The molecule has 0 amide bonds. The summed E-state index contributed by atoms with van der Waals surface area (Å²) < 4.78 is 11.4. The number of thioether (sulfide) groups is 1. The van der Waals surface area contributed by atoms with E-state index in [1.807, 2.05) is 50.2 Å². The molecule has 0 radical (unpaired) electrons. The summed E-state index contributed by atoms with van der Waals surface area (Å²) in [6.45, 7) is 4.29. The molecule has 1 aromatic heterocycles. The zero-order chi connectivity index (χ0) is 16.9. The monoisotopic (exact) mass is 360 g/mol. The highest BCUT2D eigenvalue weighted by Crippen LogP contribution is 2.26. The van der Waals surface area contributed by atoms with E-state index in [0.717, 1.165) is 27.5 Å². The fourth-order valence-corrected chi connectivity index (χ4v) is 3.18. The van der Waals surface area contributed by atoms with Gasteiger partial charge in [-0.05, 0) is 42.7 Å². The maximum absolute atomic E-state index is 6.14. The molecule has 0 saturated carbocycles. The molecule has 6 heteroatoms. The smallest absolute Gasteiger partial charge is 0.277 e. The largest absolute Gasteiger partial charge is 0.484 e. The average Bonchev–Trinajstić information content (AvgIpc) is 3.03. The van der Waals surface area contributed by atoms with E-state index in [1.54, 1.807) is 0 Å². The Morgan fingerprint density at radius 1 is 1.12 bits per heavy atom. The van der Waals surface area contributed by atoms with Crippen LogP contribution in [0.2, 0.25) is 5.02 Å². The molecule has 0 aliphatic carbocycles. The van der Waals surface area contributed by atoms with Crippen LogP contribution in [0.3, 0.4) is 0 Å². The van der Waals surface area contributed by atoms with E-state index in [9.17, 15) is 0 Å². The molecular weight excluding hydrogens is 344 g/mol. The van der Waals surface area contributed by atoms with E-state index < -0.39 is 0 Å². The van der Waals surface area contributed by atoms with Gasteiger partial charge in [-0.2, -0.15) is 0 Å². The maximum Gasteiger partial charge on any atom is 0.277 e. The second-order valence-electron chi connectivity index (χ2n) is 5.40. The first kappa shape index (κ1) is 16.9. The van der Waals surface area contributed by atoms with Crippen molar-refractivity contribution in [2.45, 2.75) is 31.4 Å². The Labute approximate surface area is 150 Å². The third kappa shape index (κ3) is 4.30. The van der Waals surface area contributed by atoms with E-state index in [-0.39, 0.29) is 6.61 Å². The number of hydrogen-bond donors (Lipinski definition) is 0. The van der Waals surface area contributed by atoms with Gasteiger partial charge in [0.25, 0.3) is 11.1 Å². The van der Waals surface area contributed by atoms with Crippen LogP contribution in [0.25, 0.3) is 0 Å². The van der Waals surface area contributed by atoms with Crippen molar-refractivity contribution in [2.24, 2.45) is 0 Å². The van der Waals surface area contributed by atoms with Crippen LogP contribution in [0.5, 0.6) is 5.75 Å². The average molecular weight is 361 g/mol. The van der Waals surface area contributed by atoms with Gasteiger partial charge >= 0.3 is 0 Å². The van der Waals surface area contributed by atoms with Crippen LogP contribution in [0.15, 0.2) is 52.1 Å². The predicted octanol–water partition coefficient (Wildman–Crippen LogP) is 5.21. The van der Waals surface area contributed by atoms with Gasteiger partial charge in [0, 0.05) is 10.8 Å². The zero-order valence-electron chi connectivity index (χ0n) is 13.5. The summed E-state index contributed by atoms with van der Waals surface area (Å²) in [5, 5.41) is 9.31. The lowest BCUT2D eigenvalue weighted by molar-refractivity contribution is 0.250. The predicted molar refractivity (Wildman–Crippen MR) is 95.6 cm³/mol. The molecule has 124 valence electrons. The van der Waals surface area contributed by atoms with Crippen molar-refractivity contribution < 1.29 is 9.15 Å². The van der Waals surface area contributed by atoms with Gasteiger partial charge in [0.15, 0.2) is 6.61 Å². The van der Waals surface area contributed by atoms with E-state index in [4.69, 9.17) is 20.8 Å². The normalized spacial score (nSPS) is 10.8. The van der Waals surface area contributed by atoms with Crippen molar-refractivity contribution in [3.8, 4) is 5.75 Å². The number of halogens is 1. The van der Waals surface area contributed by atoms with Crippen LogP contribution in [0.1, 0.15) is 22.6 Å². The highest BCUT2D eigenvalue weighted by atomic mass is 35.5. The molecule has 0 atom stereocenters. The summed E-state index contributed by atoms with van der Waals surface area (Å²) in [6, 6.07) is 13.8. The standard InChI is InChI=1S/C18H17ClN2O2S/c1-12-7-8-13(2)16(9-12)22-10-17-20-21-18(23-17)24-11-14-5-3-4-6-15(14)19/h3-9H,10-11H2,1-2H3. The molecule has 3 rings (SSSR count). The van der Waals surface area contributed by atoms with E-state index in [1.165, 1.54) is 11.8 Å². The minimum atomic E-state index is 0.254. The van der Waals surface area contributed by atoms with Crippen molar-refractivity contribution in [2.75, 3.05) is 0 Å². The first-order chi connectivity index (χ1) is 11.6. The molecule has 0 unspecified atom stereocenters. The molecule has 0 aliphatic heterocycles. The summed E-state index contributed by atoms with van der Waals surface area (Å²) >= 11 is 7.60. The number of nitrogens with zero attached hydrogens (tertiary/aromatic N) is 2. The Morgan fingerprint density at radius 3 is 2.79 bits per heavy atom. The molecular formula is C18H17ClN2O2S. The lowest BCUT2D eigenvalue weighted by Gasteiger charge is -2.07. The van der Waals surface area contributed by atoms with Crippen molar-refractivity contribution >= 4 is 23.4 Å². The van der Waals surface area contributed by atoms with E-state index >= 15 is 0 Å². The Kier molecular flexibility index (Phi) is 5.43. The van der Waals surface area contributed by atoms with Gasteiger partial charge < -0.3 is 9.15 Å². The Hall–Kier alpha value is -1.98. The summed E-state index contributed by atoms with van der Waals surface area (Å²) in [6.07, 6.45) is 0. The number of aryl methyl sites for hydroxylation is 2. The topological polar surface area (TPSA) is 48.2 Å². The summed E-state index contributed by atoms with van der Waals surface area (Å²) in [5.74, 6) is 1.97. The summed E-state index contributed by atoms with van der Waals surface area (Å²) in [7, 11) is 0. The lowest BCUT2D eigenvalue weighted by Crippen LogP contribution is -1.97. The number of ether oxygens (including phenoxy) is 1. The second kappa shape index (κ2) is 7.73. The molecule has 0 saturated heterocycles. The van der Waals surface area contributed by atoms with Gasteiger partial charge in [0.05, 0.1) is 0 Å². The third-order valence-electron chi connectivity index (χ3n) is 3.45. The van der Waals surface area contributed by atoms with Crippen LogP contribution in [0, 0.1) is 13.8 Å². The molecule has 0 bridgehead atoms. The number of rotatable bonds is 6. The van der Waals surface area contributed by atoms with Gasteiger partial charge in [-0.3, -0.25) is 0 Å². The van der Waals surface area contributed by atoms with Gasteiger partial charge in [-0.1, -0.05) is 53.7 Å². The molecule has 0 fully saturated rings. The summed E-state index contributed by atoms with van der Waals surface area (Å²) in [4.78, 5) is 0. The van der Waals surface area contributed by atoms with Gasteiger partial charge in [-0.15, -0.1) is 10.2 Å². The van der Waals surface area contributed by atoms with Crippen molar-refractivity contribution in [1.82, 2.24) is 10.2 Å². The fourth-order valence-electron chi connectivity index (χ4n) is 2.11. The van der Waals surface area contributed by atoms with Crippen LogP contribution < -0.4 is 4.74 Å². The maximum atomic E-state index is 6.14. The fraction of sp³-hybridized carbons (Fsp3) is 0.222. The van der Waals surface area contributed by atoms with Crippen molar-refractivity contribution in [3.63, 3.8) is 0 Å². The van der Waals surface area contributed by atoms with E-state index in [0.29, 0.717) is 16.9 Å². The molecule has 1 heterocycles. The third-order valence-corrected chi connectivity index (χ3v) is 4.69. The first-order valence-electron chi connectivity index (χ1n) is 7.50. The Balaban J connectivity index is 1.57.